The fraction of sp³-hybridized carbons (Fsp3) is 0.263. The van der Waals surface area contributed by atoms with E-state index in [1.165, 1.54) is 12.1 Å². The van der Waals surface area contributed by atoms with Gasteiger partial charge in [-0.1, -0.05) is 13.0 Å². The van der Waals surface area contributed by atoms with Crippen molar-refractivity contribution in [3.8, 4) is 23.0 Å². The third kappa shape index (κ3) is 3.79. The fourth-order valence-electron chi connectivity index (χ4n) is 2.93. The number of nitro groups is 1. The second kappa shape index (κ2) is 7.65. The molecular weight excluding hydrogens is 364 g/mol. The summed E-state index contributed by atoms with van der Waals surface area (Å²) in [5.74, 6) is 2.34. The molecule has 0 atom stereocenters. The van der Waals surface area contributed by atoms with Crippen molar-refractivity contribution < 1.29 is 18.8 Å². The maximum absolute atomic E-state index is 10.8. The van der Waals surface area contributed by atoms with Crippen molar-refractivity contribution in [3.05, 3.63) is 64.0 Å². The molecule has 0 saturated carbocycles. The Hall–Kier alpha value is -3.46. The Morgan fingerprint density at radius 3 is 2.61 bits per heavy atom. The summed E-state index contributed by atoms with van der Waals surface area (Å²) in [6.07, 6.45) is 0. The van der Waals surface area contributed by atoms with Gasteiger partial charge < -0.3 is 13.9 Å². The second-order valence-corrected chi connectivity index (χ2v) is 6.30. The predicted octanol–water partition coefficient (Wildman–Crippen LogP) is 3.40. The average molecular weight is 382 g/mol. The minimum absolute atomic E-state index is 0.0179. The van der Waals surface area contributed by atoms with Gasteiger partial charge in [0, 0.05) is 24.2 Å². The maximum atomic E-state index is 10.8. The third-order valence-electron chi connectivity index (χ3n) is 4.44. The zero-order valence-electron chi connectivity index (χ0n) is 15.2. The van der Waals surface area contributed by atoms with Crippen LogP contribution in [0.2, 0.25) is 0 Å². The van der Waals surface area contributed by atoms with Crippen LogP contribution in [0.3, 0.4) is 0 Å². The summed E-state index contributed by atoms with van der Waals surface area (Å²) in [5, 5.41) is 18.9. The van der Waals surface area contributed by atoms with Crippen LogP contribution in [0.15, 0.2) is 46.9 Å². The highest BCUT2D eigenvalue weighted by molar-refractivity contribution is 5.55. The fourth-order valence-corrected chi connectivity index (χ4v) is 2.93. The van der Waals surface area contributed by atoms with Crippen molar-refractivity contribution in [3.63, 3.8) is 0 Å². The molecule has 0 amide bonds. The number of benzene rings is 2. The van der Waals surface area contributed by atoms with Gasteiger partial charge in [-0.05, 0) is 36.4 Å². The lowest BCUT2D eigenvalue weighted by atomic mass is 10.2. The Morgan fingerprint density at radius 2 is 1.86 bits per heavy atom. The standard InChI is InChI=1S/C19H18N4O5/c1-2-22(10-13-3-8-16-17(9-13)27-12-26-16)11-18-20-21-19(28-18)14-4-6-15(7-5-14)23(24)25/h3-9H,2,10-12H2,1H3. The van der Waals surface area contributed by atoms with E-state index in [0.29, 0.717) is 30.4 Å². The van der Waals surface area contributed by atoms with Gasteiger partial charge in [0.25, 0.3) is 5.69 Å². The molecule has 144 valence electrons. The van der Waals surface area contributed by atoms with Gasteiger partial charge in [-0.3, -0.25) is 15.0 Å². The van der Waals surface area contributed by atoms with Gasteiger partial charge in [-0.15, -0.1) is 10.2 Å². The summed E-state index contributed by atoms with van der Waals surface area (Å²) in [6.45, 7) is 4.29. The maximum Gasteiger partial charge on any atom is 0.269 e. The number of aromatic nitrogens is 2. The summed E-state index contributed by atoms with van der Waals surface area (Å²) < 4.78 is 16.5. The van der Waals surface area contributed by atoms with Crippen molar-refractivity contribution in [2.45, 2.75) is 20.0 Å². The van der Waals surface area contributed by atoms with Crippen molar-refractivity contribution >= 4 is 5.69 Å². The van der Waals surface area contributed by atoms with Crippen molar-refractivity contribution in [2.24, 2.45) is 0 Å². The molecule has 0 unspecified atom stereocenters. The van der Waals surface area contributed by atoms with E-state index in [1.54, 1.807) is 12.1 Å². The Bertz CT molecular complexity index is 986. The quantitative estimate of drug-likeness (QED) is 0.452. The first-order chi connectivity index (χ1) is 13.6. The summed E-state index contributed by atoms with van der Waals surface area (Å²) >= 11 is 0. The van der Waals surface area contributed by atoms with Crippen LogP contribution in [0, 0.1) is 10.1 Å². The van der Waals surface area contributed by atoms with E-state index >= 15 is 0 Å². The van der Waals surface area contributed by atoms with Crippen LogP contribution >= 0.6 is 0 Å². The topological polar surface area (TPSA) is 104 Å². The first-order valence-electron chi connectivity index (χ1n) is 8.80. The van der Waals surface area contributed by atoms with Gasteiger partial charge in [-0.25, -0.2) is 0 Å². The molecule has 0 N–H and O–H groups in total. The highest BCUT2D eigenvalue weighted by Gasteiger charge is 2.16. The first-order valence-corrected chi connectivity index (χ1v) is 8.80. The molecule has 3 aromatic rings. The summed E-state index contributed by atoms with van der Waals surface area (Å²) in [7, 11) is 0. The Balaban J connectivity index is 1.43. The minimum atomic E-state index is -0.446. The number of ether oxygens (including phenoxy) is 2. The molecule has 0 aliphatic carbocycles. The molecule has 0 spiro atoms. The molecule has 0 radical (unpaired) electrons. The molecule has 2 heterocycles. The van der Waals surface area contributed by atoms with Crippen LogP contribution in [0.4, 0.5) is 5.69 Å². The molecule has 0 saturated heterocycles. The van der Waals surface area contributed by atoms with Crippen LogP contribution in [-0.4, -0.2) is 33.4 Å². The van der Waals surface area contributed by atoms with Crippen molar-refractivity contribution in [2.75, 3.05) is 13.3 Å². The van der Waals surface area contributed by atoms with Crippen LogP contribution in [0.1, 0.15) is 18.4 Å². The number of nitro benzene ring substituents is 1. The molecule has 2 aromatic carbocycles. The van der Waals surface area contributed by atoms with Crippen molar-refractivity contribution in [1.82, 2.24) is 15.1 Å². The van der Waals surface area contributed by atoms with E-state index in [9.17, 15) is 10.1 Å². The Kier molecular flexibility index (Phi) is 4.90. The molecule has 1 aliphatic heterocycles. The molecule has 9 nitrogen and oxygen atoms in total. The minimum Gasteiger partial charge on any atom is -0.454 e. The molecule has 9 heteroatoms. The first kappa shape index (κ1) is 17.9. The molecular formula is C19H18N4O5. The number of hydrogen-bond acceptors (Lipinski definition) is 8. The Labute approximate surface area is 160 Å². The molecule has 4 rings (SSSR count). The van der Waals surface area contributed by atoms with Crippen LogP contribution in [0.5, 0.6) is 11.5 Å². The van der Waals surface area contributed by atoms with Crippen LogP contribution < -0.4 is 9.47 Å². The lowest BCUT2D eigenvalue weighted by Gasteiger charge is -2.18. The average Bonchev–Trinajstić information content (AvgIpc) is 3.36. The monoisotopic (exact) mass is 382 g/mol. The van der Waals surface area contributed by atoms with Gasteiger partial charge in [0.05, 0.1) is 11.5 Å². The highest BCUT2D eigenvalue weighted by Crippen LogP contribution is 2.33. The predicted molar refractivity (Wildman–Crippen MR) is 98.7 cm³/mol. The zero-order valence-corrected chi connectivity index (χ0v) is 15.2. The SMILES string of the molecule is CCN(Cc1ccc2c(c1)OCO2)Cc1nnc(-c2ccc([N+](=O)[O-])cc2)o1. The van der Waals surface area contributed by atoms with E-state index in [0.717, 1.165) is 23.6 Å². The number of fused-ring (bicyclic) bond motifs is 1. The van der Waals surface area contributed by atoms with Crippen molar-refractivity contribution in [1.29, 1.82) is 0 Å². The van der Waals surface area contributed by atoms with Crippen LogP contribution in [0.25, 0.3) is 11.5 Å². The summed E-state index contributed by atoms with van der Waals surface area (Å²) in [6, 6.07) is 11.9. The van der Waals surface area contributed by atoms with Crippen LogP contribution in [-0.2, 0) is 13.1 Å². The van der Waals surface area contributed by atoms with Gasteiger partial charge >= 0.3 is 0 Å². The zero-order chi connectivity index (χ0) is 19.5. The molecule has 28 heavy (non-hydrogen) atoms. The van der Waals surface area contributed by atoms with E-state index in [-0.39, 0.29) is 12.5 Å². The lowest BCUT2D eigenvalue weighted by Crippen LogP contribution is -2.22. The normalized spacial score (nSPS) is 12.5. The van der Waals surface area contributed by atoms with Gasteiger partial charge in [0.15, 0.2) is 11.5 Å². The molecule has 0 fully saturated rings. The summed E-state index contributed by atoms with van der Waals surface area (Å²) in [4.78, 5) is 12.5. The molecule has 1 aromatic heterocycles. The van der Waals surface area contributed by atoms with E-state index in [1.807, 2.05) is 18.2 Å². The van der Waals surface area contributed by atoms with E-state index in [4.69, 9.17) is 13.9 Å². The molecule has 1 aliphatic rings. The number of hydrogen-bond donors (Lipinski definition) is 0. The van der Waals surface area contributed by atoms with Gasteiger partial charge in [0.2, 0.25) is 18.6 Å². The van der Waals surface area contributed by atoms with E-state index < -0.39 is 4.92 Å². The highest BCUT2D eigenvalue weighted by atomic mass is 16.7. The largest absolute Gasteiger partial charge is 0.454 e. The lowest BCUT2D eigenvalue weighted by molar-refractivity contribution is -0.384. The number of nitrogens with zero attached hydrogens (tertiary/aromatic N) is 4. The second-order valence-electron chi connectivity index (χ2n) is 6.30. The third-order valence-corrected chi connectivity index (χ3v) is 4.44. The molecule has 0 bridgehead atoms. The smallest absolute Gasteiger partial charge is 0.269 e. The Morgan fingerprint density at radius 1 is 1.07 bits per heavy atom. The number of non-ortho nitro benzene ring substituents is 1. The van der Waals surface area contributed by atoms with Gasteiger partial charge in [0.1, 0.15) is 0 Å². The number of rotatable bonds is 7. The summed E-state index contributed by atoms with van der Waals surface area (Å²) in [5.41, 5.74) is 1.76. The van der Waals surface area contributed by atoms with E-state index in [2.05, 4.69) is 22.0 Å². The van der Waals surface area contributed by atoms with Gasteiger partial charge in [-0.2, -0.15) is 0 Å².